The number of nitrogens with one attached hydrogen (secondary N) is 3. The Labute approximate surface area is 142 Å². The van der Waals surface area contributed by atoms with Crippen molar-refractivity contribution in [2.75, 3.05) is 24.2 Å². The van der Waals surface area contributed by atoms with E-state index in [1.807, 2.05) is 38.1 Å². The number of thioether (sulfide) groups is 1. The third kappa shape index (κ3) is 6.23. The lowest BCUT2D eigenvalue weighted by Gasteiger charge is -2.15. The molecule has 3 N–H and O–H groups in total. The van der Waals surface area contributed by atoms with E-state index < -0.39 is 0 Å². The van der Waals surface area contributed by atoms with E-state index >= 15 is 0 Å². The molecule has 0 bridgehead atoms. The van der Waals surface area contributed by atoms with Crippen LogP contribution in [0.25, 0.3) is 0 Å². The van der Waals surface area contributed by atoms with Crippen molar-refractivity contribution in [2.45, 2.75) is 38.0 Å². The van der Waals surface area contributed by atoms with Gasteiger partial charge < -0.3 is 16.0 Å². The average Bonchev–Trinajstić information content (AvgIpc) is 3.06. The normalized spacial score (nSPS) is 18.4. The summed E-state index contributed by atoms with van der Waals surface area (Å²) in [5.74, 6) is 0.173. The Morgan fingerprint density at radius 3 is 2.74 bits per heavy atom. The first-order valence-electron chi connectivity index (χ1n) is 8.04. The Bertz CT molecular complexity index is 527. The van der Waals surface area contributed by atoms with Crippen molar-refractivity contribution in [3.8, 4) is 0 Å². The Morgan fingerprint density at radius 2 is 2.09 bits per heavy atom. The van der Waals surface area contributed by atoms with Crippen LogP contribution in [0, 0.1) is 6.92 Å². The fourth-order valence-corrected chi connectivity index (χ4v) is 3.12. The fourth-order valence-electron chi connectivity index (χ4n) is 2.41. The minimum absolute atomic E-state index is 0.00756. The third-order valence-electron chi connectivity index (χ3n) is 3.85. The predicted octanol–water partition coefficient (Wildman–Crippen LogP) is 1.92. The molecule has 23 heavy (non-hydrogen) atoms. The first-order valence-corrected chi connectivity index (χ1v) is 9.08. The summed E-state index contributed by atoms with van der Waals surface area (Å²) in [4.78, 5) is 23.9. The number of aryl methyl sites for hydroxylation is 1. The summed E-state index contributed by atoms with van der Waals surface area (Å²) in [6.07, 6.45) is 2.28. The number of carbonyl (C=O) groups excluding carboxylic acids is 2. The van der Waals surface area contributed by atoms with E-state index in [-0.39, 0.29) is 22.8 Å². The van der Waals surface area contributed by atoms with Crippen LogP contribution in [0.2, 0.25) is 0 Å². The largest absolute Gasteiger partial charge is 0.354 e. The van der Waals surface area contributed by atoms with E-state index in [0.717, 1.165) is 24.2 Å². The Hall–Kier alpha value is -1.53. The van der Waals surface area contributed by atoms with Crippen LogP contribution >= 0.6 is 11.8 Å². The van der Waals surface area contributed by atoms with E-state index in [2.05, 4.69) is 16.0 Å². The summed E-state index contributed by atoms with van der Waals surface area (Å²) < 4.78 is 0. The lowest BCUT2D eigenvalue weighted by molar-refractivity contribution is -0.120. The van der Waals surface area contributed by atoms with Crippen LogP contribution in [-0.4, -0.2) is 41.9 Å². The summed E-state index contributed by atoms with van der Waals surface area (Å²) in [6, 6.07) is 8.05. The number of amides is 2. The molecule has 0 spiro atoms. The van der Waals surface area contributed by atoms with Crippen LogP contribution in [0.1, 0.15) is 25.3 Å². The van der Waals surface area contributed by atoms with Gasteiger partial charge in [0, 0.05) is 18.3 Å². The highest BCUT2D eigenvalue weighted by Gasteiger charge is 2.18. The van der Waals surface area contributed by atoms with E-state index in [0.29, 0.717) is 12.6 Å². The molecule has 6 heteroatoms. The fraction of sp³-hybridized carbons (Fsp3) is 0.529. The van der Waals surface area contributed by atoms with Crippen molar-refractivity contribution in [2.24, 2.45) is 0 Å². The third-order valence-corrected chi connectivity index (χ3v) is 5.00. The van der Waals surface area contributed by atoms with Crippen LogP contribution in [0.4, 0.5) is 5.69 Å². The molecule has 2 unspecified atom stereocenters. The second-order valence-corrected chi connectivity index (χ2v) is 7.23. The highest BCUT2D eigenvalue weighted by molar-refractivity contribution is 8.01. The van der Waals surface area contributed by atoms with Crippen molar-refractivity contribution in [1.29, 1.82) is 0 Å². The van der Waals surface area contributed by atoms with Gasteiger partial charge in [0.1, 0.15) is 0 Å². The van der Waals surface area contributed by atoms with Gasteiger partial charge in [-0.05, 0) is 45.4 Å². The molecule has 2 amide bonds. The van der Waals surface area contributed by atoms with Gasteiger partial charge in [0.05, 0.1) is 11.0 Å². The maximum atomic E-state index is 12.0. The number of hydrogen-bond acceptors (Lipinski definition) is 4. The highest BCUT2D eigenvalue weighted by atomic mass is 32.2. The summed E-state index contributed by atoms with van der Waals surface area (Å²) in [6.45, 7) is 5.54. The van der Waals surface area contributed by atoms with Gasteiger partial charge in [-0.3, -0.25) is 9.59 Å². The van der Waals surface area contributed by atoms with E-state index in [4.69, 9.17) is 0 Å². The molecule has 0 aliphatic carbocycles. The molecule has 126 valence electrons. The van der Waals surface area contributed by atoms with E-state index in [1.54, 1.807) is 0 Å². The second-order valence-electron chi connectivity index (χ2n) is 5.91. The van der Waals surface area contributed by atoms with E-state index in [1.165, 1.54) is 18.2 Å². The summed E-state index contributed by atoms with van der Waals surface area (Å²) in [5.41, 5.74) is 1.94. The Balaban J connectivity index is 1.66. The summed E-state index contributed by atoms with van der Waals surface area (Å²) in [5, 5.41) is 8.90. The van der Waals surface area contributed by atoms with Crippen LogP contribution in [0.5, 0.6) is 0 Å². The van der Waals surface area contributed by atoms with E-state index in [9.17, 15) is 9.59 Å². The first kappa shape index (κ1) is 17.8. The zero-order valence-corrected chi connectivity index (χ0v) is 14.5. The first-order chi connectivity index (χ1) is 11.0. The summed E-state index contributed by atoms with van der Waals surface area (Å²) >= 11 is 1.35. The number of hydrogen-bond donors (Lipinski definition) is 3. The predicted molar refractivity (Wildman–Crippen MR) is 95.8 cm³/mol. The molecule has 1 aromatic rings. The topological polar surface area (TPSA) is 70.2 Å². The average molecular weight is 335 g/mol. The lowest BCUT2D eigenvalue weighted by Crippen LogP contribution is -2.40. The SMILES string of the molecule is Cc1ccc(NC(=O)CSC(C)C(=O)NCC2CCCN2)cc1. The monoisotopic (exact) mass is 335 g/mol. The van der Waals surface area contributed by atoms with Gasteiger partial charge in [-0.2, -0.15) is 0 Å². The van der Waals surface area contributed by atoms with Crippen LogP contribution in [-0.2, 0) is 9.59 Å². The van der Waals surface area contributed by atoms with Crippen LogP contribution in [0.3, 0.4) is 0 Å². The van der Waals surface area contributed by atoms with Gasteiger partial charge >= 0.3 is 0 Å². The van der Waals surface area contributed by atoms with Crippen molar-refractivity contribution in [3.05, 3.63) is 29.8 Å². The molecule has 1 fully saturated rings. The summed E-state index contributed by atoms with van der Waals surface area (Å²) in [7, 11) is 0. The molecular formula is C17H25N3O2S. The molecule has 0 aromatic heterocycles. The molecule has 5 nitrogen and oxygen atoms in total. The van der Waals surface area contributed by atoms with Crippen molar-refractivity contribution in [1.82, 2.24) is 10.6 Å². The smallest absolute Gasteiger partial charge is 0.234 e. The van der Waals surface area contributed by atoms with Gasteiger partial charge in [-0.15, -0.1) is 11.8 Å². The molecule has 2 rings (SSSR count). The van der Waals surface area contributed by atoms with Gasteiger partial charge in [0.25, 0.3) is 0 Å². The number of rotatable bonds is 7. The van der Waals surface area contributed by atoms with Gasteiger partial charge in [-0.1, -0.05) is 17.7 Å². The molecule has 0 radical (unpaired) electrons. The Morgan fingerprint density at radius 1 is 1.35 bits per heavy atom. The standard InChI is InChI=1S/C17H25N3O2S/c1-12-5-7-14(8-6-12)20-16(21)11-23-13(2)17(22)19-10-15-4-3-9-18-15/h5-8,13,15,18H,3-4,9-11H2,1-2H3,(H,19,22)(H,20,21). The molecule has 2 atom stereocenters. The number of anilines is 1. The number of benzene rings is 1. The minimum atomic E-state index is -0.236. The zero-order chi connectivity index (χ0) is 16.7. The molecular weight excluding hydrogens is 310 g/mol. The second kappa shape index (κ2) is 8.93. The molecule has 0 saturated carbocycles. The van der Waals surface area contributed by atoms with Gasteiger partial charge in [0.15, 0.2) is 0 Å². The van der Waals surface area contributed by atoms with Crippen LogP contribution < -0.4 is 16.0 Å². The van der Waals surface area contributed by atoms with Gasteiger partial charge in [0.2, 0.25) is 11.8 Å². The van der Waals surface area contributed by atoms with Crippen molar-refractivity contribution >= 4 is 29.3 Å². The molecule has 1 aromatic carbocycles. The van der Waals surface area contributed by atoms with Crippen molar-refractivity contribution in [3.63, 3.8) is 0 Å². The molecule has 1 saturated heterocycles. The maximum Gasteiger partial charge on any atom is 0.234 e. The van der Waals surface area contributed by atoms with Crippen LogP contribution in [0.15, 0.2) is 24.3 Å². The maximum absolute atomic E-state index is 12.0. The zero-order valence-electron chi connectivity index (χ0n) is 13.7. The quantitative estimate of drug-likeness (QED) is 0.712. The minimum Gasteiger partial charge on any atom is -0.354 e. The van der Waals surface area contributed by atoms with Crippen molar-refractivity contribution < 1.29 is 9.59 Å². The Kier molecular flexibility index (Phi) is 6.92. The molecule has 1 aliphatic heterocycles. The molecule has 1 aliphatic rings. The lowest BCUT2D eigenvalue weighted by atomic mass is 10.2. The number of carbonyl (C=O) groups is 2. The van der Waals surface area contributed by atoms with Gasteiger partial charge in [-0.25, -0.2) is 0 Å². The highest BCUT2D eigenvalue weighted by Crippen LogP contribution is 2.13. The molecule has 1 heterocycles.